The molecule has 0 atom stereocenters. The third kappa shape index (κ3) is 1.05. The molecule has 2 aromatic rings. The fraction of sp³-hybridized carbons (Fsp3) is 0. The van der Waals surface area contributed by atoms with Crippen LogP contribution < -0.4 is 5.56 Å². The van der Waals surface area contributed by atoms with Gasteiger partial charge in [0.05, 0.1) is 3.70 Å². The van der Waals surface area contributed by atoms with Crippen LogP contribution in [0.2, 0.25) is 0 Å². The number of imidazole rings is 1. The van der Waals surface area contributed by atoms with Crippen LogP contribution >= 0.6 is 22.6 Å². The molecule has 0 aliphatic rings. The number of hydrogen-bond acceptors (Lipinski definition) is 2. The maximum absolute atomic E-state index is 11.1. The van der Waals surface area contributed by atoms with Crippen molar-refractivity contribution >= 4 is 28.2 Å². The van der Waals surface area contributed by atoms with E-state index < -0.39 is 0 Å². The Hall–Kier alpha value is -0.850. The Labute approximate surface area is 75.4 Å². The lowest BCUT2D eigenvalue weighted by Crippen LogP contribution is -2.10. The Bertz CT molecular complexity index is 444. The second-order valence-electron chi connectivity index (χ2n) is 2.09. The minimum absolute atomic E-state index is 0.151. The molecule has 0 saturated carbocycles. The quantitative estimate of drug-likeness (QED) is 0.707. The summed E-state index contributed by atoms with van der Waals surface area (Å²) < 4.78 is 2.50. The van der Waals surface area contributed by atoms with Gasteiger partial charge in [-0.2, -0.15) is 0 Å². The molecule has 2 heterocycles. The van der Waals surface area contributed by atoms with E-state index in [1.165, 1.54) is 0 Å². The normalized spacial score (nSPS) is 10.6. The van der Waals surface area contributed by atoms with Crippen molar-refractivity contribution in [1.29, 1.82) is 0 Å². The van der Waals surface area contributed by atoms with Crippen LogP contribution in [-0.4, -0.2) is 14.4 Å². The Morgan fingerprint density at radius 1 is 1.64 bits per heavy atom. The number of aromatic amines is 1. The highest BCUT2D eigenvalue weighted by Crippen LogP contribution is 1.98. The van der Waals surface area contributed by atoms with Gasteiger partial charge < -0.3 is 4.98 Å². The molecular weight excluding hydrogens is 257 g/mol. The zero-order valence-electron chi connectivity index (χ0n) is 5.41. The lowest BCUT2D eigenvalue weighted by molar-refractivity contribution is 1.06. The zero-order valence-corrected chi connectivity index (χ0v) is 7.57. The Morgan fingerprint density at radius 3 is 3.27 bits per heavy atom. The zero-order chi connectivity index (χ0) is 7.84. The highest BCUT2D eigenvalue weighted by molar-refractivity contribution is 14.1. The molecule has 0 aromatic carbocycles. The molecule has 0 spiro atoms. The van der Waals surface area contributed by atoms with E-state index in [0.717, 1.165) is 3.70 Å². The van der Waals surface area contributed by atoms with Gasteiger partial charge in [0.2, 0.25) is 5.65 Å². The summed E-state index contributed by atoms with van der Waals surface area (Å²) in [6, 6.07) is 0. The van der Waals surface area contributed by atoms with Gasteiger partial charge in [0.15, 0.2) is 0 Å². The SMILES string of the molecule is O=c1[nH]c(I)cn2ccnc12. The molecule has 2 rings (SSSR count). The largest absolute Gasteiger partial charge is 0.313 e. The van der Waals surface area contributed by atoms with Crippen LogP contribution in [0.15, 0.2) is 23.4 Å². The summed E-state index contributed by atoms with van der Waals surface area (Å²) in [4.78, 5) is 17.6. The first-order valence-electron chi connectivity index (χ1n) is 2.99. The number of H-pyrrole nitrogens is 1. The number of aromatic nitrogens is 3. The molecule has 2 aromatic heterocycles. The molecule has 56 valence electrons. The molecule has 0 aliphatic carbocycles. The number of fused-ring (bicyclic) bond motifs is 1. The van der Waals surface area contributed by atoms with Crippen molar-refractivity contribution in [1.82, 2.24) is 14.4 Å². The van der Waals surface area contributed by atoms with Crippen LogP contribution in [0.3, 0.4) is 0 Å². The lowest BCUT2D eigenvalue weighted by Gasteiger charge is -1.92. The van der Waals surface area contributed by atoms with Gasteiger partial charge in [-0.15, -0.1) is 0 Å². The highest BCUT2D eigenvalue weighted by atomic mass is 127. The topological polar surface area (TPSA) is 50.2 Å². The van der Waals surface area contributed by atoms with E-state index in [4.69, 9.17) is 0 Å². The summed E-state index contributed by atoms with van der Waals surface area (Å²) in [6.45, 7) is 0. The fourth-order valence-electron chi connectivity index (χ4n) is 0.912. The van der Waals surface area contributed by atoms with Crippen LogP contribution in [0.1, 0.15) is 0 Å². The van der Waals surface area contributed by atoms with Crippen LogP contribution in [-0.2, 0) is 0 Å². The smallest absolute Gasteiger partial charge is 0.292 e. The third-order valence-corrected chi connectivity index (χ3v) is 1.91. The average Bonchev–Trinajstić information content (AvgIpc) is 2.34. The van der Waals surface area contributed by atoms with Gasteiger partial charge >= 0.3 is 0 Å². The first kappa shape index (κ1) is 6.84. The molecule has 0 radical (unpaired) electrons. The Kier molecular flexibility index (Phi) is 1.45. The first-order valence-corrected chi connectivity index (χ1v) is 4.07. The van der Waals surface area contributed by atoms with Crippen molar-refractivity contribution in [2.45, 2.75) is 0 Å². The number of hydrogen-bond donors (Lipinski definition) is 1. The van der Waals surface area contributed by atoms with Gasteiger partial charge in [0, 0.05) is 18.6 Å². The van der Waals surface area contributed by atoms with Crippen molar-refractivity contribution in [2.24, 2.45) is 0 Å². The van der Waals surface area contributed by atoms with E-state index in [1.807, 2.05) is 28.8 Å². The second-order valence-corrected chi connectivity index (χ2v) is 3.25. The van der Waals surface area contributed by atoms with Crippen LogP contribution in [0.25, 0.3) is 5.65 Å². The highest BCUT2D eigenvalue weighted by Gasteiger charge is 1.98. The monoisotopic (exact) mass is 261 g/mol. The molecular formula is C6H4IN3O. The molecule has 4 nitrogen and oxygen atoms in total. The number of rotatable bonds is 0. The average molecular weight is 261 g/mol. The summed E-state index contributed by atoms with van der Waals surface area (Å²) >= 11 is 2.05. The molecule has 0 saturated heterocycles. The Morgan fingerprint density at radius 2 is 2.45 bits per heavy atom. The standard InChI is InChI=1S/C6H4IN3O/c7-4-3-10-2-1-8-5(10)6(11)9-4/h1-3H,(H,9,11). The number of halogens is 1. The van der Waals surface area contributed by atoms with Crippen molar-refractivity contribution in [3.63, 3.8) is 0 Å². The van der Waals surface area contributed by atoms with E-state index in [0.29, 0.717) is 5.65 Å². The van der Waals surface area contributed by atoms with Crippen molar-refractivity contribution < 1.29 is 0 Å². The van der Waals surface area contributed by atoms with Gasteiger partial charge in [-0.25, -0.2) is 4.98 Å². The van der Waals surface area contributed by atoms with Gasteiger partial charge in [0.25, 0.3) is 5.56 Å². The van der Waals surface area contributed by atoms with Crippen LogP contribution in [0, 0.1) is 3.70 Å². The third-order valence-electron chi connectivity index (χ3n) is 1.36. The van der Waals surface area contributed by atoms with Gasteiger partial charge in [-0.1, -0.05) is 0 Å². The second kappa shape index (κ2) is 2.33. The lowest BCUT2D eigenvalue weighted by atomic mass is 10.7. The maximum atomic E-state index is 11.1. The van der Waals surface area contributed by atoms with Crippen molar-refractivity contribution in [3.8, 4) is 0 Å². The van der Waals surface area contributed by atoms with Gasteiger partial charge in [-0.3, -0.25) is 9.20 Å². The molecule has 0 unspecified atom stereocenters. The minimum atomic E-state index is -0.151. The Balaban J connectivity index is 3.02. The molecule has 0 aliphatic heterocycles. The van der Waals surface area contributed by atoms with Crippen LogP contribution in [0.4, 0.5) is 0 Å². The van der Waals surface area contributed by atoms with E-state index in [-0.39, 0.29) is 5.56 Å². The summed E-state index contributed by atoms with van der Waals surface area (Å²) in [7, 11) is 0. The molecule has 0 fully saturated rings. The van der Waals surface area contributed by atoms with E-state index in [9.17, 15) is 4.79 Å². The number of nitrogens with one attached hydrogen (secondary N) is 1. The molecule has 5 heteroatoms. The molecule has 0 bridgehead atoms. The predicted molar refractivity (Wildman–Crippen MR) is 48.5 cm³/mol. The maximum Gasteiger partial charge on any atom is 0.292 e. The van der Waals surface area contributed by atoms with Gasteiger partial charge in [0.1, 0.15) is 0 Å². The molecule has 11 heavy (non-hydrogen) atoms. The summed E-state index contributed by atoms with van der Waals surface area (Å²) in [5.74, 6) is 0. The predicted octanol–water partition coefficient (Wildman–Crippen LogP) is 0.627. The first-order chi connectivity index (χ1) is 5.27. The van der Waals surface area contributed by atoms with Crippen molar-refractivity contribution in [2.75, 3.05) is 0 Å². The molecule has 0 amide bonds. The van der Waals surface area contributed by atoms with Crippen molar-refractivity contribution in [3.05, 3.63) is 32.6 Å². The van der Waals surface area contributed by atoms with E-state index >= 15 is 0 Å². The number of nitrogens with zero attached hydrogens (tertiary/aromatic N) is 2. The molecule has 1 N–H and O–H groups in total. The summed E-state index contributed by atoms with van der Waals surface area (Å²) in [6.07, 6.45) is 5.15. The van der Waals surface area contributed by atoms with Crippen LogP contribution in [0.5, 0.6) is 0 Å². The van der Waals surface area contributed by atoms with Gasteiger partial charge in [-0.05, 0) is 22.6 Å². The fourth-order valence-corrected chi connectivity index (χ4v) is 1.46. The summed E-state index contributed by atoms with van der Waals surface area (Å²) in [5.41, 5.74) is 0.285. The summed E-state index contributed by atoms with van der Waals surface area (Å²) in [5, 5.41) is 0. The van der Waals surface area contributed by atoms with E-state index in [2.05, 4.69) is 9.97 Å². The minimum Gasteiger partial charge on any atom is -0.313 e. The van der Waals surface area contributed by atoms with E-state index in [1.54, 1.807) is 16.8 Å².